The first-order valence-corrected chi connectivity index (χ1v) is 9.22. The third-order valence-corrected chi connectivity index (χ3v) is 4.91. The van der Waals surface area contributed by atoms with Crippen LogP contribution in [0.3, 0.4) is 0 Å². The Morgan fingerprint density at radius 1 is 1.29 bits per heavy atom. The van der Waals surface area contributed by atoms with Crippen LogP contribution in [0.25, 0.3) is 6.08 Å². The van der Waals surface area contributed by atoms with Gasteiger partial charge in [-0.1, -0.05) is 23.2 Å². The smallest absolute Gasteiger partial charge is 0.266 e. The Bertz CT molecular complexity index is 1090. The van der Waals surface area contributed by atoms with Crippen molar-refractivity contribution in [2.75, 3.05) is 5.32 Å². The number of anilines is 1. The van der Waals surface area contributed by atoms with E-state index < -0.39 is 5.91 Å². The van der Waals surface area contributed by atoms with Crippen molar-refractivity contribution >= 4 is 40.9 Å². The number of halogens is 2. The van der Waals surface area contributed by atoms with Crippen molar-refractivity contribution in [2.45, 2.75) is 20.4 Å². The van der Waals surface area contributed by atoms with Gasteiger partial charge in [-0.05, 0) is 61.9 Å². The molecule has 0 saturated heterocycles. The highest BCUT2D eigenvalue weighted by Crippen LogP contribution is 2.26. The third kappa shape index (κ3) is 4.30. The van der Waals surface area contributed by atoms with Crippen LogP contribution in [0.1, 0.15) is 22.7 Å². The van der Waals surface area contributed by atoms with Gasteiger partial charge in [-0.3, -0.25) is 4.79 Å². The van der Waals surface area contributed by atoms with Crippen molar-refractivity contribution < 1.29 is 9.21 Å². The van der Waals surface area contributed by atoms with Gasteiger partial charge in [0.1, 0.15) is 17.4 Å². The Hall–Kier alpha value is -2.94. The molecular formula is C21H17Cl2N3O2. The minimum absolute atomic E-state index is 0.0331. The Kier molecular flexibility index (Phi) is 5.93. The van der Waals surface area contributed by atoms with E-state index >= 15 is 0 Å². The van der Waals surface area contributed by atoms with E-state index in [1.807, 2.05) is 38.1 Å². The van der Waals surface area contributed by atoms with E-state index in [0.29, 0.717) is 22.3 Å². The standard InChI is InChI=1S/C21H17Cl2N3O2/c1-13-8-15(14(2)26(13)12-18-4-3-7-28-18)9-16(11-24)21(27)25-20-10-17(22)5-6-19(20)23/h3-10H,12H2,1-2H3,(H,25,27)/b16-9+. The molecule has 0 bridgehead atoms. The largest absolute Gasteiger partial charge is 0.467 e. The van der Waals surface area contributed by atoms with Gasteiger partial charge < -0.3 is 14.3 Å². The van der Waals surface area contributed by atoms with Crippen LogP contribution < -0.4 is 5.32 Å². The van der Waals surface area contributed by atoms with E-state index in [2.05, 4.69) is 9.88 Å². The molecule has 1 amide bonds. The van der Waals surface area contributed by atoms with Gasteiger partial charge in [0, 0.05) is 16.4 Å². The van der Waals surface area contributed by atoms with Crippen molar-refractivity contribution in [3.8, 4) is 6.07 Å². The van der Waals surface area contributed by atoms with Gasteiger partial charge in [0.05, 0.1) is 23.5 Å². The molecule has 2 heterocycles. The molecule has 1 aromatic carbocycles. The van der Waals surface area contributed by atoms with Crippen LogP contribution >= 0.6 is 23.2 Å². The molecule has 3 aromatic rings. The molecule has 0 fully saturated rings. The monoisotopic (exact) mass is 413 g/mol. The van der Waals surface area contributed by atoms with Gasteiger partial charge in [-0.15, -0.1) is 0 Å². The molecule has 1 N–H and O–H groups in total. The molecule has 2 aromatic heterocycles. The van der Waals surface area contributed by atoms with E-state index in [-0.39, 0.29) is 5.57 Å². The molecule has 3 rings (SSSR count). The van der Waals surface area contributed by atoms with E-state index in [0.717, 1.165) is 22.7 Å². The van der Waals surface area contributed by atoms with E-state index in [1.54, 1.807) is 24.5 Å². The number of hydrogen-bond donors (Lipinski definition) is 1. The van der Waals surface area contributed by atoms with Gasteiger partial charge in [0.15, 0.2) is 0 Å². The van der Waals surface area contributed by atoms with Crippen molar-refractivity contribution in [1.29, 1.82) is 5.26 Å². The highest BCUT2D eigenvalue weighted by atomic mass is 35.5. The molecule has 0 spiro atoms. The normalized spacial score (nSPS) is 11.3. The Balaban J connectivity index is 1.87. The zero-order valence-corrected chi connectivity index (χ0v) is 16.8. The zero-order chi connectivity index (χ0) is 20.3. The molecule has 0 atom stereocenters. The SMILES string of the molecule is Cc1cc(/C=C(\C#N)C(=O)Nc2cc(Cl)ccc2Cl)c(C)n1Cc1ccco1. The lowest BCUT2D eigenvalue weighted by Gasteiger charge is -2.08. The maximum Gasteiger partial charge on any atom is 0.266 e. The minimum atomic E-state index is -0.553. The van der Waals surface area contributed by atoms with E-state index in [9.17, 15) is 10.1 Å². The number of hydrogen-bond acceptors (Lipinski definition) is 3. The lowest BCUT2D eigenvalue weighted by atomic mass is 10.1. The molecular weight excluding hydrogens is 397 g/mol. The van der Waals surface area contributed by atoms with Crippen molar-refractivity contribution in [3.05, 3.63) is 81.0 Å². The molecule has 5 nitrogen and oxygen atoms in total. The molecule has 0 aliphatic carbocycles. The summed E-state index contributed by atoms with van der Waals surface area (Å²) in [7, 11) is 0. The number of aromatic nitrogens is 1. The second kappa shape index (κ2) is 8.39. The molecule has 0 radical (unpaired) electrons. The van der Waals surface area contributed by atoms with E-state index in [4.69, 9.17) is 27.6 Å². The summed E-state index contributed by atoms with van der Waals surface area (Å²) in [6.07, 6.45) is 3.19. The summed E-state index contributed by atoms with van der Waals surface area (Å²) in [5.41, 5.74) is 3.02. The fourth-order valence-corrected chi connectivity index (χ4v) is 3.20. The predicted octanol–water partition coefficient (Wildman–Crippen LogP) is 5.60. The second-order valence-corrected chi connectivity index (χ2v) is 7.08. The van der Waals surface area contributed by atoms with Gasteiger partial charge in [0.2, 0.25) is 0 Å². The molecule has 0 aliphatic heterocycles. The summed E-state index contributed by atoms with van der Waals surface area (Å²) in [5.74, 6) is 0.272. The van der Waals surface area contributed by atoms with Crippen molar-refractivity contribution in [2.24, 2.45) is 0 Å². The molecule has 28 heavy (non-hydrogen) atoms. The van der Waals surface area contributed by atoms with Crippen LogP contribution in [0.5, 0.6) is 0 Å². The average molecular weight is 414 g/mol. The number of aryl methyl sites for hydroxylation is 1. The zero-order valence-electron chi connectivity index (χ0n) is 15.3. The lowest BCUT2D eigenvalue weighted by molar-refractivity contribution is -0.112. The predicted molar refractivity (Wildman–Crippen MR) is 110 cm³/mol. The molecule has 0 saturated carbocycles. The highest BCUT2D eigenvalue weighted by Gasteiger charge is 2.15. The quantitative estimate of drug-likeness (QED) is 0.437. The summed E-state index contributed by atoms with van der Waals surface area (Å²) < 4.78 is 7.47. The van der Waals surface area contributed by atoms with Crippen LogP contribution in [0.2, 0.25) is 10.0 Å². The summed E-state index contributed by atoms with van der Waals surface area (Å²) in [4.78, 5) is 12.5. The molecule has 0 unspecified atom stereocenters. The van der Waals surface area contributed by atoms with Crippen LogP contribution in [-0.2, 0) is 11.3 Å². The van der Waals surface area contributed by atoms with Crippen LogP contribution in [0.4, 0.5) is 5.69 Å². The number of benzene rings is 1. The topological polar surface area (TPSA) is 71.0 Å². The number of furan rings is 1. The van der Waals surface area contributed by atoms with Gasteiger partial charge in [-0.2, -0.15) is 5.26 Å². The van der Waals surface area contributed by atoms with Gasteiger partial charge in [-0.25, -0.2) is 0 Å². The van der Waals surface area contributed by atoms with Crippen molar-refractivity contribution in [1.82, 2.24) is 4.57 Å². The van der Waals surface area contributed by atoms with Crippen LogP contribution in [0.15, 0.2) is 52.7 Å². The highest BCUT2D eigenvalue weighted by molar-refractivity contribution is 6.36. The molecule has 142 valence electrons. The minimum Gasteiger partial charge on any atom is -0.467 e. The van der Waals surface area contributed by atoms with Crippen LogP contribution in [0, 0.1) is 25.2 Å². The Morgan fingerprint density at radius 2 is 2.07 bits per heavy atom. The number of nitrogens with zero attached hydrogens (tertiary/aromatic N) is 2. The average Bonchev–Trinajstić information content (AvgIpc) is 3.26. The summed E-state index contributed by atoms with van der Waals surface area (Å²) in [5, 5.41) is 12.9. The van der Waals surface area contributed by atoms with Crippen LogP contribution in [-0.4, -0.2) is 10.5 Å². The number of rotatable bonds is 5. The summed E-state index contributed by atoms with van der Waals surface area (Å²) in [6.45, 7) is 4.47. The van der Waals surface area contributed by atoms with Gasteiger partial charge in [0.25, 0.3) is 5.91 Å². The first-order valence-electron chi connectivity index (χ1n) is 8.46. The third-order valence-electron chi connectivity index (χ3n) is 4.35. The molecule has 7 heteroatoms. The summed E-state index contributed by atoms with van der Waals surface area (Å²) in [6, 6.07) is 12.3. The summed E-state index contributed by atoms with van der Waals surface area (Å²) >= 11 is 12.0. The number of nitrogens with one attached hydrogen (secondary N) is 1. The Labute approximate surface area is 172 Å². The number of carbonyl (C=O) groups is 1. The maximum absolute atomic E-state index is 12.5. The first-order chi connectivity index (χ1) is 13.4. The van der Waals surface area contributed by atoms with Gasteiger partial charge >= 0.3 is 0 Å². The maximum atomic E-state index is 12.5. The number of nitriles is 1. The van der Waals surface area contributed by atoms with E-state index in [1.165, 1.54) is 6.07 Å². The fourth-order valence-electron chi connectivity index (χ4n) is 2.86. The van der Waals surface area contributed by atoms with Crippen molar-refractivity contribution in [3.63, 3.8) is 0 Å². The lowest BCUT2D eigenvalue weighted by Crippen LogP contribution is -2.13. The fraction of sp³-hybridized carbons (Fsp3) is 0.143. The number of carbonyl (C=O) groups excluding carboxylic acids is 1. The number of amides is 1. The first kappa shape index (κ1) is 19.8. The Morgan fingerprint density at radius 3 is 2.75 bits per heavy atom. The second-order valence-electron chi connectivity index (χ2n) is 6.24. The molecule has 0 aliphatic rings.